The monoisotopic (exact) mass is 252 g/mol. The van der Waals surface area contributed by atoms with Crippen molar-refractivity contribution >= 4 is 11.9 Å². The van der Waals surface area contributed by atoms with Crippen LogP contribution >= 0.6 is 0 Å². The molecule has 1 amide bonds. The van der Waals surface area contributed by atoms with Crippen LogP contribution in [0.1, 0.15) is 51.9 Å². The van der Waals surface area contributed by atoms with Gasteiger partial charge >= 0.3 is 5.97 Å². The highest BCUT2D eigenvalue weighted by Gasteiger charge is 2.23. The van der Waals surface area contributed by atoms with Crippen LogP contribution in [0.3, 0.4) is 0 Å². The second-order valence-corrected chi connectivity index (χ2v) is 4.51. The average Bonchev–Trinajstić information content (AvgIpc) is 2.61. The number of carbonyl (C=O) groups is 2. The molecule has 1 heterocycles. The molecule has 0 radical (unpaired) electrons. The molecule has 0 unspecified atom stereocenters. The van der Waals surface area contributed by atoms with Crippen molar-refractivity contribution < 1.29 is 14.7 Å². The summed E-state index contributed by atoms with van der Waals surface area (Å²) in [4.78, 5) is 27.6. The second kappa shape index (κ2) is 5.71. The molecular weight excluding hydrogens is 232 g/mol. The molecule has 0 aliphatic rings. The summed E-state index contributed by atoms with van der Waals surface area (Å²) < 4.78 is 0. The van der Waals surface area contributed by atoms with Crippen LogP contribution in [0.4, 0.5) is 0 Å². The minimum absolute atomic E-state index is 0.0970. The normalized spacial score (nSPS) is 10.4. The molecule has 0 saturated heterocycles. The first-order valence-electron chi connectivity index (χ1n) is 6.08. The van der Waals surface area contributed by atoms with Gasteiger partial charge in [0, 0.05) is 19.3 Å². The van der Waals surface area contributed by atoms with Crippen molar-refractivity contribution in [3.8, 4) is 0 Å². The van der Waals surface area contributed by atoms with Gasteiger partial charge in [0.25, 0.3) is 5.91 Å². The minimum atomic E-state index is -1.04. The number of aromatic amines is 1. The number of unbranched alkanes of at least 4 members (excludes halogenated alkanes) is 1. The summed E-state index contributed by atoms with van der Waals surface area (Å²) in [7, 11) is 1.74. The number of hydrogen-bond acceptors (Lipinski definition) is 2. The first kappa shape index (κ1) is 14.3. The Bertz CT molecular complexity index is 463. The molecule has 18 heavy (non-hydrogen) atoms. The highest BCUT2D eigenvalue weighted by molar-refractivity contribution is 6.00. The summed E-state index contributed by atoms with van der Waals surface area (Å²) in [6.07, 6.45) is 1.96. The third-order valence-electron chi connectivity index (χ3n) is 3.06. The standard InChI is InChI=1S/C13H20N2O3/c1-5-6-7-15(4)12(16)10-8(2)11(13(17)18)14-9(10)3/h14H,5-7H2,1-4H3,(H,17,18). The van der Waals surface area contributed by atoms with Crippen molar-refractivity contribution in [3.05, 3.63) is 22.5 Å². The first-order chi connectivity index (χ1) is 8.40. The van der Waals surface area contributed by atoms with Gasteiger partial charge in [-0.2, -0.15) is 0 Å². The van der Waals surface area contributed by atoms with Gasteiger partial charge in [-0.3, -0.25) is 4.79 Å². The van der Waals surface area contributed by atoms with E-state index >= 15 is 0 Å². The fourth-order valence-corrected chi connectivity index (χ4v) is 1.97. The topological polar surface area (TPSA) is 73.4 Å². The van der Waals surface area contributed by atoms with Gasteiger partial charge in [-0.05, 0) is 25.8 Å². The van der Waals surface area contributed by atoms with Gasteiger partial charge in [0.2, 0.25) is 0 Å². The number of aromatic nitrogens is 1. The Hall–Kier alpha value is -1.78. The molecule has 5 nitrogen and oxygen atoms in total. The van der Waals surface area contributed by atoms with Gasteiger partial charge in [-0.1, -0.05) is 13.3 Å². The zero-order valence-electron chi connectivity index (χ0n) is 11.3. The van der Waals surface area contributed by atoms with E-state index < -0.39 is 5.97 Å². The quantitative estimate of drug-likeness (QED) is 0.843. The Labute approximate surface area is 107 Å². The maximum Gasteiger partial charge on any atom is 0.352 e. The van der Waals surface area contributed by atoms with Crippen molar-refractivity contribution in [2.75, 3.05) is 13.6 Å². The van der Waals surface area contributed by atoms with Gasteiger partial charge in [0.15, 0.2) is 0 Å². The molecule has 0 atom stereocenters. The largest absolute Gasteiger partial charge is 0.477 e. The van der Waals surface area contributed by atoms with E-state index in [1.54, 1.807) is 25.8 Å². The molecule has 100 valence electrons. The van der Waals surface area contributed by atoms with E-state index in [9.17, 15) is 9.59 Å². The van der Waals surface area contributed by atoms with Gasteiger partial charge < -0.3 is 15.0 Å². The van der Waals surface area contributed by atoms with Crippen molar-refractivity contribution in [1.29, 1.82) is 0 Å². The number of amides is 1. The lowest BCUT2D eigenvalue weighted by Gasteiger charge is -2.17. The number of hydrogen-bond donors (Lipinski definition) is 2. The zero-order valence-corrected chi connectivity index (χ0v) is 11.3. The Morgan fingerprint density at radius 3 is 2.39 bits per heavy atom. The Balaban J connectivity index is 3.02. The summed E-state index contributed by atoms with van der Waals surface area (Å²) in [5, 5.41) is 9.01. The van der Waals surface area contributed by atoms with Crippen LogP contribution < -0.4 is 0 Å². The molecule has 5 heteroatoms. The average molecular weight is 252 g/mol. The van der Waals surface area contributed by atoms with E-state index in [2.05, 4.69) is 11.9 Å². The van der Waals surface area contributed by atoms with Crippen molar-refractivity contribution in [2.24, 2.45) is 0 Å². The lowest BCUT2D eigenvalue weighted by molar-refractivity contribution is 0.0690. The van der Waals surface area contributed by atoms with Gasteiger partial charge in [0.05, 0.1) is 5.56 Å². The molecular formula is C13H20N2O3. The van der Waals surface area contributed by atoms with Crippen molar-refractivity contribution in [3.63, 3.8) is 0 Å². The van der Waals surface area contributed by atoms with E-state index in [4.69, 9.17) is 5.11 Å². The molecule has 2 N–H and O–H groups in total. The number of aromatic carboxylic acids is 1. The Morgan fingerprint density at radius 1 is 1.33 bits per heavy atom. The molecule has 0 spiro atoms. The third kappa shape index (κ3) is 2.72. The van der Waals surface area contributed by atoms with Crippen LogP contribution in [0.15, 0.2) is 0 Å². The van der Waals surface area contributed by atoms with E-state index in [0.29, 0.717) is 23.4 Å². The fourth-order valence-electron chi connectivity index (χ4n) is 1.97. The molecule has 0 aromatic carbocycles. The second-order valence-electron chi connectivity index (χ2n) is 4.51. The van der Waals surface area contributed by atoms with Crippen LogP contribution in [0.25, 0.3) is 0 Å². The SMILES string of the molecule is CCCCN(C)C(=O)c1c(C)[nH]c(C(=O)O)c1C. The predicted molar refractivity (Wildman–Crippen MR) is 69.1 cm³/mol. The summed E-state index contributed by atoms with van der Waals surface area (Å²) in [6, 6.07) is 0. The maximum atomic E-state index is 12.2. The van der Waals surface area contributed by atoms with Crippen LogP contribution in [0.5, 0.6) is 0 Å². The third-order valence-corrected chi connectivity index (χ3v) is 3.06. The molecule has 1 aromatic heterocycles. The van der Waals surface area contributed by atoms with E-state index in [1.165, 1.54) is 0 Å². The molecule has 0 aliphatic carbocycles. The maximum absolute atomic E-state index is 12.2. The first-order valence-corrected chi connectivity index (χ1v) is 6.08. The number of carboxylic acid groups (broad SMARTS) is 1. The Morgan fingerprint density at radius 2 is 1.94 bits per heavy atom. The number of rotatable bonds is 5. The highest BCUT2D eigenvalue weighted by Crippen LogP contribution is 2.19. The van der Waals surface area contributed by atoms with Gasteiger partial charge in [-0.25, -0.2) is 4.79 Å². The number of aryl methyl sites for hydroxylation is 1. The Kier molecular flexibility index (Phi) is 4.53. The number of carbonyl (C=O) groups excluding carboxylic acids is 1. The molecule has 0 aliphatic heterocycles. The fraction of sp³-hybridized carbons (Fsp3) is 0.538. The molecule has 0 fully saturated rings. The zero-order chi connectivity index (χ0) is 13.9. The number of carboxylic acids is 1. The molecule has 0 bridgehead atoms. The summed E-state index contributed by atoms with van der Waals surface area (Å²) in [6.45, 7) is 6.13. The van der Waals surface area contributed by atoms with Crippen molar-refractivity contribution in [2.45, 2.75) is 33.6 Å². The summed E-state index contributed by atoms with van der Waals surface area (Å²) in [5.74, 6) is -1.16. The smallest absolute Gasteiger partial charge is 0.352 e. The van der Waals surface area contributed by atoms with Gasteiger partial charge in [-0.15, -0.1) is 0 Å². The summed E-state index contributed by atoms with van der Waals surface area (Å²) in [5.41, 5.74) is 1.69. The molecule has 1 aromatic rings. The predicted octanol–water partition coefficient (Wildman–Crippen LogP) is 2.20. The van der Waals surface area contributed by atoms with E-state index in [0.717, 1.165) is 12.8 Å². The minimum Gasteiger partial charge on any atom is -0.477 e. The lowest BCUT2D eigenvalue weighted by atomic mass is 10.1. The highest BCUT2D eigenvalue weighted by atomic mass is 16.4. The molecule has 1 rings (SSSR count). The van der Waals surface area contributed by atoms with E-state index in [-0.39, 0.29) is 11.6 Å². The number of nitrogens with one attached hydrogen (secondary N) is 1. The number of H-pyrrole nitrogens is 1. The summed E-state index contributed by atoms with van der Waals surface area (Å²) >= 11 is 0. The van der Waals surface area contributed by atoms with Gasteiger partial charge in [0.1, 0.15) is 5.69 Å². The van der Waals surface area contributed by atoms with Crippen LogP contribution in [-0.2, 0) is 0 Å². The number of nitrogens with zero attached hydrogens (tertiary/aromatic N) is 1. The molecule has 0 saturated carbocycles. The van der Waals surface area contributed by atoms with Crippen LogP contribution in [0.2, 0.25) is 0 Å². The van der Waals surface area contributed by atoms with E-state index in [1.807, 2.05) is 0 Å². The van der Waals surface area contributed by atoms with Crippen molar-refractivity contribution in [1.82, 2.24) is 9.88 Å². The van der Waals surface area contributed by atoms with Crippen LogP contribution in [-0.4, -0.2) is 40.5 Å². The lowest BCUT2D eigenvalue weighted by Crippen LogP contribution is -2.28. The van der Waals surface area contributed by atoms with Crippen LogP contribution in [0, 0.1) is 13.8 Å².